The van der Waals surface area contributed by atoms with Gasteiger partial charge in [-0.3, -0.25) is 4.79 Å². The average Bonchev–Trinajstić information content (AvgIpc) is 2.36. The van der Waals surface area contributed by atoms with Gasteiger partial charge in [-0.1, -0.05) is 34.1 Å². The van der Waals surface area contributed by atoms with Gasteiger partial charge in [-0.25, -0.2) is 4.79 Å². The fraction of sp³-hybridized carbons (Fsp3) is 0.333. The molecule has 0 aliphatic carbocycles. The van der Waals surface area contributed by atoms with E-state index in [-0.39, 0.29) is 17.7 Å². The Balaban J connectivity index is 2.69. The van der Waals surface area contributed by atoms with Crippen LogP contribution in [0.1, 0.15) is 6.92 Å². The zero-order valence-electron chi connectivity index (χ0n) is 9.39. The van der Waals surface area contributed by atoms with Crippen LogP contribution in [-0.2, 0) is 14.3 Å². The third kappa shape index (κ3) is 4.28. The zero-order valence-corrected chi connectivity index (χ0v) is 11.0. The second kappa shape index (κ2) is 7.19. The molecule has 0 fully saturated rings. The minimum Gasteiger partial charge on any atom is -0.424 e. The summed E-state index contributed by atoms with van der Waals surface area (Å²) in [5, 5.41) is 0.0571. The first-order chi connectivity index (χ1) is 8.19. The van der Waals surface area contributed by atoms with Crippen LogP contribution in [0.25, 0.3) is 0 Å². The van der Waals surface area contributed by atoms with Crippen LogP contribution in [0.15, 0.2) is 30.3 Å². The molecule has 0 aromatic heterocycles. The van der Waals surface area contributed by atoms with Crippen LogP contribution in [0.5, 0.6) is 5.75 Å². The molecule has 0 aliphatic rings. The Bertz CT molecular complexity index is 377. The molecule has 17 heavy (non-hydrogen) atoms. The van der Waals surface area contributed by atoms with Crippen LogP contribution in [0.3, 0.4) is 0 Å². The van der Waals surface area contributed by atoms with E-state index in [0.29, 0.717) is 5.75 Å². The number of carbonyl (C=O) groups excluding carboxylic acids is 2. The molecular formula is C12H13BrO4. The molecule has 1 unspecified atom stereocenters. The number of esters is 1. The maximum atomic E-state index is 11.7. The van der Waals surface area contributed by atoms with E-state index >= 15 is 0 Å². The van der Waals surface area contributed by atoms with Gasteiger partial charge >= 0.3 is 5.97 Å². The lowest BCUT2D eigenvalue weighted by atomic mass is 10.2. The summed E-state index contributed by atoms with van der Waals surface area (Å²) in [4.78, 5) is 23.2. The molecular weight excluding hydrogens is 288 g/mol. The van der Waals surface area contributed by atoms with E-state index in [1.165, 1.54) is 0 Å². The summed E-state index contributed by atoms with van der Waals surface area (Å²) in [7, 11) is 0. The Hall–Kier alpha value is -1.20. The number of Topliss-reactive ketones (excluding diaryl/α,β-unsaturated/α-hetero) is 1. The summed E-state index contributed by atoms with van der Waals surface area (Å²) < 4.78 is 10.1. The molecule has 0 spiro atoms. The van der Waals surface area contributed by atoms with E-state index in [9.17, 15) is 9.59 Å². The molecule has 0 aliphatic heterocycles. The Morgan fingerprint density at radius 3 is 2.47 bits per heavy atom. The number of carbonyl (C=O) groups is 2. The fourth-order valence-electron chi connectivity index (χ4n) is 1.19. The van der Waals surface area contributed by atoms with Crippen molar-refractivity contribution in [1.82, 2.24) is 0 Å². The van der Waals surface area contributed by atoms with Gasteiger partial charge in [-0.2, -0.15) is 0 Å². The number of hydrogen-bond donors (Lipinski definition) is 0. The summed E-state index contributed by atoms with van der Waals surface area (Å²) in [5.74, 6) is -0.653. The number of alkyl halides is 1. The van der Waals surface area contributed by atoms with Crippen molar-refractivity contribution in [3.8, 4) is 5.75 Å². The maximum Gasteiger partial charge on any atom is 0.348 e. The molecule has 1 rings (SSSR count). The molecule has 0 bridgehead atoms. The summed E-state index contributed by atoms with van der Waals surface area (Å²) in [6, 6.07) is 8.56. The second-order valence-corrected chi connectivity index (χ2v) is 3.73. The summed E-state index contributed by atoms with van der Waals surface area (Å²) in [5.41, 5.74) is 0. The first-order valence-electron chi connectivity index (χ1n) is 5.16. The molecule has 92 valence electrons. The van der Waals surface area contributed by atoms with E-state index in [1.54, 1.807) is 37.3 Å². The highest BCUT2D eigenvalue weighted by molar-refractivity contribution is 9.09. The van der Waals surface area contributed by atoms with Gasteiger partial charge in [-0.05, 0) is 19.1 Å². The van der Waals surface area contributed by atoms with E-state index in [2.05, 4.69) is 15.9 Å². The standard InChI is InChI=1S/C12H13BrO4/c1-2-16-11(10(14)8-13)12(15)17-9-6-4-3-5-7-9/h3-7,11H,2,8H2,1H3. The number of para-hydroxylation sites is 1. The van der Waals surface area contributed by atoms with Crippen LogP contribution < -0.4 is 4.74 Å². The van der Waals surface area contributed by atoms with Gasteiger partial charge in [0, 0.05) is 6.61 Å². The van der Waals surface area contributed by atoms with Crippen molar-refractivity contribution >= 4 is 27.7 Å². The van der Waals surface area contributed by atoms with Crippen molar-refractivity contribution in [2.75, 3.05) is 11.9 Å². The number of halogens is 1. The number of benzene rings is 1. The molecule has 0 saturated carbocycles. The number of ketones is 1. The first kappa shape index (κ1) is 13.9. The number of hydrogen-bond acceptors (Lipinski definition) is 4. The van der Waals surface area contributed by atoms with Crippen LogP contribution in [0.4, 0.5) is 0 Å². The van der Waals surface area contributed by atoms with Gasteiger partial charge in [0.2, 0.25) is 6.10 Å². The molecule has 0 saturated heterocycles. The highest BCUT2D eigenvalue weighted by atomic mass is 79.9. The van der Waals surface area contributed by atoms with Crippen LogP contribution in [0, 0.1) is 0 Å². The fourth-order valence-corrected chi connectivity index (χ4v) is 1.48. The average molecular weight is 301 g/mol. The topological polar surface area (TPSA) is 52.6 Å². The Labute approximate surface area is 108 Å². The number of rotatable bonds is 6. The van der Waals surface area contributed by atoms with Crippen molar-refractivity contribution < 1.29 is 19.1 Å². The largest absolute Gasteiger partial charge is 0.424 e. The minimum absolute atomic E-state index is 0.0571. The smallest absolute Gasteiger partial charge is 0.348 e. The molecule has 1 aromatic rings. The van der Waals surface area contributed by atoms with E-state index in [0.717, 1.165) is 0 Å². The van der Waals surface area contributed by atoms with Crippen molar-refractivity contribution in [2.24, 2.45) is 0 Å². The minimum atomic E-state index is -1.17. The van der Waals surface area contributed by atoms with Gasteiger partial charge in [0.25, 0.3) is 0 Å². The lowest BCUT2D eigenvalue weighted by Crippen LogP contribution is -2.37. The van der Waals surface area contributed by atoms with Crippen LogP contribution in [-0.4, -0.2) is 29.8 Å². The van der Waals surface area contributed by atoms with Crippen molar-refractivity contribution in [2.45, 2.75) is 13.0 Å². The predicted molar refractivity (Wildman–Crippen MR) is 66.3 cm³/mol. The van der Waals surface area contributed by atoms with Gasteiger partial charge in [0.1, 0.15) is 5.75 Å². The Kier molecular flexibility index (Phi) is 5.86. The number of ether oxygens (including phenoxy) is 2. The maximum absolute atomic E-state index is 11.7. The summed E-state index contributed by atoms with van der Waals surface area (Å²) in [6.07, 6.45) is -1.17. The van der Waals surface area contributed by atoms with E-state index in [1.807, 2.05) is 0 Å². The first-order valence-corrected chi connectivity index (χ1v) is 6.28. The van der Waals surface area contributed by atoms with Gasteiger partial charge in [0.15, 0.2) is 5.78 Å². The third-order valence-electron chi connectivity index (χ3n) is 1.93. The van der Waals surface area contributed by atoms with Crippen molar-refractivity contribution in [1.29, 1.82) is 0 Å². The Morgan fingerprint density at radius 2 is 1.94 bits per heavy atom. The van der Waals surface area contributed by atoms with Crippen LogP contribution in [0.2, 0.25) is 0 Å². The lowest BCUT2D eigenvalue weighted by Gasteiger charge is -2.13. The molecule has 1 aromatic carbocycles. The van der Waals surface area contributed by atoms with E-state index < -0.39 is 12.1 Å². The van der Waals surface area contributed by atoms with Gasteiger partial charge < -0.3 is 9.47 Å². The van der Waals surface area contributed by atoms with Crippen molar-refractivity contribution in [3.63, 3.8) is 0 Å². The highest BCUT2D eigenvalue weighted by Gasteiger charge is 2.28. The van der Waals surface area contributed by atoms with Crippen LogP contribution >= 0.6 is 15.9 Å². The van der Waals surface area contributed by atoms with Gasteiger partial charge in [-0.15, -0.1) is 0 Å². The second-order valence-electron chi connectivity index (χ2n) is 3.17. The Morgan fingerprint density at radius 1 is 1.29 bits per heavy atom. The quantitative estimate of drug-likeness (QED) is 0.349. The molecule has 5 heteroatoms. The van der Waals surface area contributed by atoms with E-state index in [4.69, 9.17) is 9.47 Å². The molecule has 0 heterocycles. The molecule has 4 nitrogen and oxygen atoms in total. The monoisotopic (exact) mass is 300 g/mol. The molecule has 1 atom stereocenters. The zero-order chi connectivity index (χ0) is 12.7. The normalized spacial score (nSPS) is 11.9. The molecule has 0 N–H and O–H groups in total. The molecule has 0 radical (unpaired) electrons. The lowest BCUT2D eigenvalue weighted by molar-refractivity contribution is -0.152. The van der Waals surface area contributed by atoms with Crippen molar-refractivity contribution in [3.05, 3.63) is 30.3 Å². The van der Waals surface area contributed by atoms with Gasteiger partial charge in [0.05, 0.1) is 5.33 Å². The highest BCUT2D eigenvalue weighted by Crippen LogP contribution is 2.11. The summed E-state index contributed by atoms with van der Waals surface area (Å²) >= 11 is 3.00. The predicted octanol–water partition coefficient (Wildman–Crippen LogP) is 1.96. The molecule has 0 amide bonds. The SMILES string of the molecule is CCOC(C(=O)CBr)C(=O)Oc1ccccc1. The summed E-state index contributed by atoms with van der Waals surface area (Å²) in [6.45, 7) is 1.98. The third-order valence-corrected chi connectivity index (χ3v) is 2.49.